The highest BCUT2D eigenvalue weighted by atomic mass is 35.5. The molecule has 144 valence electrons. The van der Waals surface area contributed by atoms with Crippen molar-refractivity contribution in [2.24, 2.45) is 5.73 Å². The van der Waals surface area contributed by atoms with Crippen molar-refractivity contribution in [2.45, 2.75) is 19.1 Å². The number of nitrogens with zero attached hydrogens (tertiary/aromatic N) is 3. The Balaban J connectivity index is 1.98. The number of rotatable bonds is 6. The number of imidazole rings is 1. The normalized spacial score (nSPS) is 11.9. The predicted molar refractivity (Wildman–Crippen MR) is 95.9 cm³/mol. The summed E-state index contributed by atoms with van der Waals surface area (Å²) >= 11 is 6.03. The van der Waals surface area contributed by atoms with Gasteiger partial charge in [-0.25, -0.2) is 9.78 Å². The first-order valence-electron chi connectivity index (χ1n) is 8.04. The van der Waals surface area contributed by atoms with Gasteiger partial charge in [-0.3, -0.25) is 4.57 Å². The van der Waals surface area contributed by atoms with Gasteiger partial charge in [0, 0.05) is 11.6 Å². The Kier molecular flexibility index (Phi) is 5.38. The maximum absolute atomic E-state index is 13.0. The molecule has 0 fully saturated rings. The molecule has 0 aliphatic heterocycles. The topological polar surface area (TPSA) is 102 Å². The maximum Gasteiger partial charge on any atom is 0.416 e. The Morgan fingerprint density at radius 3 is 2.81 bits per heavy atom. The summed E-state index contributed by atoms with van der Waals surface area (Å²) in [6, 6.07) is 2.98. The average Bonchev–Trinajstić information content (AvgIpc) is 2.91. The zero-order chi connectivity index (χ0) is 19.6. The van der Waals surface area contributed by atoms with E-state index in [0.717, 1.165) is 18.2 Å². The second-order valence-electron chi connectivity index (χ2n) is 5.82. The van der Waals surface area contributed by atoms with Gasteiger partial charge >= 0.3 is 11.9 Å². The van der Waals surface area contributed by atoms with Gasteiger partial charge in [-0.05, 0) is 36.7 Å². The fourth-order valence-corrected chi connectivity index (χ4v) is 2.70. The Morgan fingerprint density at radius 2 is 2.11 bits per heavy atom. The molecule has 0 radical (unpaired) electrons. The highest BCUT2D eigenvalue weighted by Crippen LogP contribution is 2.32. The van der Waals surface area contributed by atoms with E-state index < -0.39 is 17.4 Å². The van der Waals surface area contributed by atoms with E-state index in [1.807, 2.05) is 0 Å². The minimum atomic E-state index is -4.51. The van der Waals surface area contributed by atoms with Crippen molar-refractivity contribution in [2.75, 3.05) is 18.4 Å². The molecular formula is C16H16ClF3N6O. The van der Waals surface area contributed by atoms with E-state index >= 15 is 0 Å². The number of alkyl halides is 3. The summed E-state index contributed by atoms with van der Waals surface area (Å²) in [5.74, 6) is 0.291. The van der Waals surface area contributed by atoms with Gasteiger partial charge in [0.15, 0.2) is 5.65 Å². The Hall–Kier alpha value is -2.59. The summed E-state index contributed by atoms with van der Waals surface area (Å²) in [4.78, 5) is 23.2. The molecule has 2 heterocycles. The lowest BCUT2D eigenvalue weighted by Gasteiger charge is -2.11. The fraction of sp³-hybridized carbons (Fsp3) is 0.312. The number of hydrogen-bond donors (Lipinski definition) is 3. The van der Waals surface area contributed by atoms with E-state index in [2.05, 4.69) is 20.3 Å². The third kappa shape index (κ3) is 4.22. The summed E-state index contributed by atoms with van der Waals surface area (Å²) in [6.45, 7) is 0.884. The fourth-order valence-electron chi connectivity index (χ4n) is 2.52. The lowest BCUT2D eigenvalue weighted by atomic mass is 10.1. The first-order valence-corrected chi connectivity index (χ1v) is 8.42. The first-order chi connectivity index (χ1) is 12.8. The molecule has 2 aromatic heterocycles. The molecule has 0 spiro atoms. The number of aromatic nitrogens is 4. The van der Waals surface area contributed by atoms with Gasteiger partial charge in [0.25, 0.3) is 0 Å². The van der Waals surface area contributed by atoms with Crippen LogP contribution in [0.2, 0.25) is 5.02 Å². The highest BCUT2D eigenvalue weighted by molar-refractivity contribution is 6.31. The van der Waals surface area contributed by atoms with Crippen molar-refractivity contribution in [3.05, 3.63) is 51.0 Å². The number of hydrogen-bond acceptors (Lipinski definition) is 5. The zero-order valence-electron chi connectivity index (χ0n) is 14.0. The van der Waals surface area contributed by atoms with Crippen molar-refractivity contribution in [3.8, 4) is 0 Å². The monoisotopic (exact) mass is 400 g/mol. The van der Waals surface area contributed by atoms with Crippen LogP contribution >= 0.6 is 11.6 Å². The standard InChI is InChI=1S/C16H16ClF3N6O/c17-11-3-2-10(16(18,19)20)6-9(11)8-26-13-12(24-15(26)27)7-23-14(25-13)22-5-1-4-21/h2-3,6-7H,1,4-5,8,21H2,(H,24,27)(H,22,23,25). The molecule has 0 amide bonds. The van der Waals surface area contributed by atoms with Crippen LogP contribution in [0.1, 0.15) is 17.5 Å². The van der Waals surface area contributed by atoms with Crippen molar-refractivity contribution in [3.63, 3.8) is 0 Å². The molecule has 0 unspecified atom stereocenters. The Morgan fingerprint density at radius 1 is 1.33 bits per heavy atom. The molecule has 3 rings (SSSR count). The molecule has 0 bridgehead atoms. The second kappa shape index (κ2) is 7.57. The minimum Gasteiger partial charge on any atom is -0.354 e. The van der Waals surface area contributed by atoms with E-state index in [-0.39, 0.29) is 22.8 Å². The van der Waals surface area contributed by atoms with Crippen LogP contribution in [0.4, 0.5) is 19.1 Å². The van der Waals surface area contributed by atoms with Crippen LogP contribution in [0.25, 0.3) is 11.2 Å². The van der Waals surface area contributed by atoms with Crippen molar-refractivity contribution in [1.29, 1.82) is 0 Å². The van der Waals surface area contributed by atoms with Crippen LogP contribution in [0.3, 0.4) is 0 Å². The molecule has 4 N–H and O–H groups in total. The number of benzene rings is 1. The Labute approximate surface area is 156 Å². The number of aromatic amines is 1. The maximum atomic E-state index is 13.0. The Bertz CT molecular complexity index is 1010. The molecule has 7 nitrogen and oxygen atoms in total. The van der Waals surface area contributed by atoms with Crippen LogP contribution in [-0.4, -0.2) is 32.6 Å². The number of nitrogens with one attached hydrogen (secondary N) is 2. The van der Waals surface area contributed by atoms with Gasteiger partial charge in [-0.1, -0.05) is 11.6 Å². The molecule has 0 saturated heterocycles. The van der Waals surface area contributed by atoms with Crippen LogP contribution in [-0.2, 0) is 12.7 Å². The van der Waals surface area contributed by atoms with Gasteiger partial charge in [-0.2, -0.15) is 18.2 Å². The molecule has 1 aromatic carbocycles. The predicted octanol–water partition coefficient (Wildman–Crippen LogP) is 2.60. The van der Waals surface area contributed by atoms with Crippen molar-refractivity contribution in [1.82, 2.24) is 19.5 Å². The molecule has 0 saturated carbocycles. The SMILES string of the molecule is NCCCNc1ncc2[nH]c(=O)n(Cc3cc(C(F)(F)F)ccc3Cl)c2n1. The second-order valence-corrected chi connectivity index (χ2v) is 6.23. The van der Waals surface area contributed by atoms with E-state index in [1.165, 1.54) is 10.8 Å². The van der Waals surface area contributed by atoms with E-state index in [9.17, 15) is 18.0 Å². The van der Waals surface area contributed by atoms with E-state index in [0.29, 0.717) is 31.0 Å². The number of nitrogens with two attached hydrogens (primary N) is 1. The molecule has 0 aliphatic carbocycles. The van der Waals surface area contributed by atoms with Gasteiger partial charge in [0.1, 0.15) is 5.52 Å². The minimum absolute atomic E-state index is 0.125. The van der Waals surface area contributed by atoms with Crippen molar-refractivity contribution >= 4 is 28.7 Å². The molecule has 11 heteroatoms. The lowest BCUT2D eigenvalue weighted by molar-refractivity contribution is -0.137. The average molecular weight is 401 g/mol. The summed E-state index contributed by atoms with van der Waals surface area (Å²) < 4.78 is 40.1. The summed E-state index contributed by atoms with van der Waals surface area (Å²) in [5, 5.41) is 3.10. The highest BCUT2D eigenvalue weighted by Gasteiger charge is 2.31. The third-order valence-corrected chi connectivity index (χ3v) is 4.25. The summed E-state index contributed by atoms with van der Waals surface area (Å²) in [7, 11) is 0. The summed E-state index contributed by atoms with van der Waals surface area (Å²) in [5.41, 5.74) is 4.86. The van der Waals surface area contributed by atoms with E-state index in [1.54, 1.807) is 0 Å². The van der Waals surface area contributed by atoms with Crippen LogP contribution < -0.4 is 16.7 Å². The number of anilines is 1. The van der Waals surface area contributed by atoms with Gasteiger partial charge in [-0.15, -0.1) is 0 Å². The molecule has 27 heavy (non-hydrogen) atoms. The summed E-state index contributed by atoms with van der Waals surface area (Å²) in [6.07, 6.45) is -2.37. The van der Waals surface area contributed by atoms with Crippen LogP contribution in [0.15, 0.2) is 29.2 Å². The first kappa shape index (κ1) is 19.2. The largest absolute Gasteiger partial charge is 0.416 e. The molecule has 3 aromatic rings. The van der Waals surface area contributed by atoms with E-state index in [4.69, 9.17) is 17.3 Å². The smallest absolute Gasteiger partial charge is 0.354 e. The zero-order valence-corrected chi connectivity index (χ0v) is 14.7. The number of fused-ring (bicyclic) bond motifs is 1. The molecular weight excluding hydrogens is 385 g/mol. The van der Waals surface area contributed by atoms with Gasteiger partial charge < -0.3 is 16.0 Å². The quantitative estimate of drug-likeness (QED) is 0.552. The third-order valence-electron chi connectivity index (χ3n) is 3.88. The number of halogens is 4. The lowest BCUT2D eigenvalue weighted by Crippen LogP contribution is -2.18. The van der Waals surface area contributed by atoms with Crippen LogP contribution in [0.5, 0.6) is 0 Å². The molecule has 0 atom stereocenters. The van der Waals surface area contributed by atoms with Crippen LogP contribution in [0, 0.1) is 0 Å². The van der Waals surface area contributed by atoms with Crippen molar-refractivity contribution < 1.29 is 13.2 Å². The molecule has 0 aliphatic rings. The number of H-pyrrole nitrogens is 1. The van der Waals surface area contributed by atoms with Gasteiger partial charge in [0.2, 0.25) is 5.95 Å². The van der Waals surface area contributed by atoms with Gasteiger partial charge in [0.05, 0.1) is 18.3 Å².